The van der Waals surface area contributed by atoms with Crippen molar-refractivity contribution in [1.82, 2.24) is 19.1 Å². The van der Waals surface area contributed by atoms with E-state index in [1.54, 1.807) is 0 Å². The van der Waals surface area contributed by atoms with Crippen LogP contribution in [0.4, 0.5) is 11.4 Å². The van der Waals surface area contributed by atoms with Crippen molar-refractivity contribution in [2.75, 3.05) is 11.4 Å². The number of hydrogen-bond acceptors (Lipinski definition) is 3. The SMILES string of the molecule is C=C1/C=C(n2c3ccccc3c3ccccc32)\C=C/CN(c2ccccc2)c2ccc(-c3ccc4c(c3)c3ccccc3n4-c3ccc(-c4nc(-c5ccccc5)cc(-c5ccccc5)n4)cc3)cc21. The Morgan fingerprint density at radius 1 is 0.386 bits per heavy atom. The van der Waals surface area contributed by atoms with E-state index >= 15 is 0 Å². The summed E-state index contributed by atoms with van der Waals surface area (Å²) in [7, 11) is 0. The number of benzene rings is 9. The van der Waals surface area contributed by atoms with Gasteiger partial charge in [-0.15, -0.1) is 0 Å². The molecule has 0 radical (unpaired) electrons. The third-order valence-electron chi connectivity index (χ3n) is 13.7. The molecule has 0 bridgehead atoms. The van der Waals surface area contributed by atoms with Crippen LogP contribution in [0.3, 0.4) is 0 Å². The van der Waals surface area contributed by atoms with Gasteiger partial charge in [-0.1, -0.05) is 158 Å². The molecule has 0 saturated carbocycles. The fraction of sp³-hybridized carbons (Fsp3) is 0.0154. The molecule has 1 aliphatic heterocycles. The zero-order valence-electron chi connectivity index (χ0n) is 38.3. The molecule has 0 spiro atoms. The molecule has 0 N–H and O–H groups in total. The molecule has 0 aliphatic carbocycles. The maximum atomic E-state index is 5.10. The second-order valence-electron chi connectivity index (χ2n) is 17.9. The first kappa shape index (κ1) is 40.9. The normalized spacial score (nSPS) is 14.0. The molecule has 0 atom stereocenters. The van der Waals surface area contributed by atoms with Crippen LogP contribution in [0.1, 0.15) is 5.56 Å². The molecule has 0 fully saturated rings. The lowest BCUT2D eigenvalue weighted by atomic mass is 9.95. The minimum atomic E-state index is 0.687. The van der Waals surface area contributed by atoms with Crippen LogP contribution in [0.15, 0.2) is 255 Å². The minimum absolute atomic E-state index is 0.687. The monoisotopic (exact) mass is 895 g/mol. The van der Waals surface area contributed by atoms with Gasteiger partial charge in [0.25, 0.3) is 0 Å². The Hall–Kier alpha value is -9.32. The van der Waals surface area contributed by atoms with E-state index in [0.29, 0.717) is 12.4 Å². The van der Waals surface area contributed by atoms with Crippen LogP contribution in [0, 0.1) is 0 Å². The first-order chi connectivity index (χ1) is 34.6. The Morgan fingerprint density at radius 3 is 1.51 bits per heavy atom. The van der Waals surface area contributed by atoms with Gasteiger partial charge >= 0.3 is 0 Å². The quantitative estimate of drug-likeness (QED) is 0.160. The maximum absolute atomic E-state index is 5.10. The molecule has 0 amide bonds. The number of allylic oxidation sites excluding steroid dienone is 4. The zero-order chi connectivity index (χ0) is 46.5. The van der Waals surface area contributed by atoms with Gasteiger partial charge in [-0.3, -0.25) is 0 Å². The summed E-state index contributed by atoms with van der Waals surface area (Å²) in [6.07, 6.45) is 6.78. The van der Waals surface area contributed by atoms with E-state index in [9.17, 15) is 0 Å². The average molecular weight is 896 g/mol. The summed E-state index contributed by atoms with van der Waals surface area (Å²) in [5.41, 5.74) is 18.1. The molecule has 12 aromatic rings. The molecule has 3 aromatic heterocycles. The third-order valence-corrected chi connectivity index (χ3v) is 13.7. The van der Waals surface area contributed by atoms with E-state index in [0.717, 1.165) is 84.1 Å². The standard InChI is InChI=1S/C65H45N5/c1-44-40-52(70-61-28-14-11-25-53(61)54-26-12-15-29-62(54)70)24-17-39-68(50-22-9-4-10-23-50)60-37-33-48(41-56(44)60)49-34-38-64-57(42-49)55-27-13-16-30-63(55)69(64)51-35-31-47(32-36-51)65-66-58(45-18-5-2-6-19-45)43-59(67-65)46-20-7-3-8-21-46/h2-38,40-43H,1,39H2/b24-17-,52-40+. The fourth-order valence-corrected chi connectivity index (χ4v) is 10.4. The summed E-state index contributed by atoms with van der Waals surface area (Å²) in [5, 5.41) is 4.85. The largest absolute Gasteiger partial charge is 0.337 e. The highest BCUT2D eigenvalue weighted by Gasteiger charge is 2.21. The number of fused-ring (bicyclic) bond motifs is 7. The molecule has 9 aromatic carbocycles. The number of rotatable bonds is 7. The summed E-state index contributed by atoms with van der Waals surface area (Å²) in [6.45, 7) is 5.50. The first-order valence-electron chi connectivity index (χ1n) is 23.8. The molecule has 0 unspecified atom stereocenters. The van der Waals surface area contributed by atoms with Gasteiger partial charge in [0, 0.05) is 73.1 Å². The van der Waals surface area contributed by atoms with E-state index in [-0.39, 0.29) is 0 Å². The van der Waals surface area contributed by atoms with E-state index in [1.165, 1.54) is 32.6 Å². The summed E-state index contributed by atoms with van der Waals surface area (Å²) < 4.78 is 4.75. The summed E-state index contributed by atoms with van der Waals surface area (Å²) in [4.78, 5) is 12.6. The summed E-state index contributed by atoms with van der Waals surface area (Å²) in [5.74, 6) is 0.690. The highest BCUT2D eigenvalue weighted by atomic mass is 15.1. The molecule has 1 aliphatic rings. The Balaban J connectivity index is 0.906. The Kier molecular flexibility index (Phi) is 9.98. The van der Waals surface area contributed by atoms with Gasteiger partial charge in [-0.05, 0) is 114 Å². The highest BCUT2D eigenvalue weighted by Crippen LogP contribution is 2.41. The van der Waals surface area contributed by atoms with Crippen molar-refractivity contribution in [1.29, 1.82) is 0 Å². The second-order valence-corrected chi connectivity index (χ2v) is 17.9. The lowest BCUT2D eigenvalue weighted by molar-refractivity contribution is 1.09. The van der Waals surface area contributed by atoms with Gasteiger partial charge in [0.2, 0.25) is 0 Å². The van der Waals surface area contributed by atoms with Gasteiger partial charge in [0.05, 0.1) is 33.5 Å². The van der Waals surface area contributed by atoms with Crippen molar-refractivity contribution in [3.63, 3.8) is 0 Å². The van der Waals surface area contributed by atoms with Crippen LogP contribution in [0.2, 0.25) is 0 Å². The van der Waals surface area contributed by atoms with Crippen molar-refractivity contribution >= 4 is 66.3 Å². The Bertz CT molecular complexity index is 3920. The molecular weight excluding hydrogens is 851 g/mol. The van der Waals surface area contributed by atoms with Crippen molar-refractivity contribution in [2.24, 2.45) is 0 Å². The molecule has 330 valence electrons. The smallest absolute Gasteiger partial charge is 0.160 e. The number of aromatic nitrogens is 4. The molecule has 13 rings (SSSR count). The summed E-state index contributed by atoms with van der Waals surface area (Å²) >= 11 is 0. The number of anilines is 2. The van der Waals surface area contributed by atoms with Gasteiger partial charge in [0.1, 0.15) is 0 Å². The zero-order valence-corrected chi connectivity index (χ0v) is 38.3. The van der Waals surface area contributed by atoms with E-state index < -0.39 is 0 Å². The Labute approximate surface area is 406 Å². The van der Waals surface area contributed by atoms with Crippen LogP contribution in [0.5, 0.6) is 0 Å². The molecular formula is C65H45N5. The van der Waals surface area contributed by atoms with Crippen molar-refractivity contribution in [3.8, 4) is 50.7 Å². The Morgan fingerprint density at radius 2 is 0.886 bits per heavy atom. The van der Waals surface area contributed by atoms with Crippen LogP contribution < -0.4 is 4.90 Å². The van der Waals surface area contributed by atoms with Gasteiger partial charge in [-0.2, -0.15) is 0 Å². The lowest BCUT2D eigenvalue weighted by Crippen LogP contribution is -2.18. The average Bonchev–Trinajstić information content (AvgIpc) is 3.96. The molecule has 5 heteroatoms. The van der Waals surface area contributed by atoms with E-state index in [2.05, 4.69) is 226 Å². The molecule has 4 heterocycles. The predicted octanol–water partition coefficient (Wildman–Crippen LogP) is 16.6. The molecule has 0 saturated heterocycles. The fourth-order valence-electron chi connectivity index (χ4n) is 10.4. The lowest BCUT2D eigenvalue weighted by Gasteiger charge is -2.26. The van der Waals surface area contributed by atoms with Gasteiger partial charge in [0.15, 0.2) is 5.82 Å². The second kappa shape index (κ2) is 17.1. The van der Waals surface area contributed by atoms with E-state index in [4.69, 9.17) is 16.5 Å². The van der Waals surface area contributed by atoms with Gasteiger partial charge < -0.3 is 14.0 Å². The maximum Gasteiger partial charge on any atom is 0.160 e. The number of para-hydroxylation sites is 4. The van der Waals surface area contributed by atoms with Crippen LogP contribution >= 0.6 is 0 Å². The number of nitrogens with zero attached hydrogens (tertiary/aromatic N) is 5. The summed E-state index contributed by atoms with van der Waals surface area (Å²) in [6, 6.07) is 81.9. The highest BCUT2D eigenvalue weighted by molar-refractivity contribution is 6.12. The molecule has 5 nitrogen and oxygen atoms in total. The third kappa shape index (κ3) is 7.11. The van der Waals surface area contributed by atoms with Crippen molar-refractivity contribution in [3.05, 3.63) is 261 Å². The van der Waals surface area contributed by atoms with Gasteiger partial charge in [-0.25, -0.2) is 9.97 Å². The van der Waals surface area contributed by atoms with Crippen LogP contribution in [-0.2, 0) is 0 Å². The first-order valence-corrected chi connectivity index (χ1v) is 23.8. The molecule has 70 heavy (non-hydrogen) atoms. The van der Waals surface area contributed by atoms with Crippen LogP contribution in [0.25, 0.3) is 106 Å². The van der Waals surface area contributed by atoms with Crippen molar-refractivity contribution < 1.29 is 0 Å². The van der Waals surface area contributed by atoms with Crippen molar-refractivity contribution in [2.45, 2.75) is 0 Å². The predicted molar refractivity (Wildman–Crippen MR) is 293 cm³/mol. The van der Waals surface area contributed by atoms with Crippen LogP contribution in [-0.4, -0.2) is 25.6 Å². The number of hydrogen-bond donors (Lipinski definition) is 0. The van der Waals surface area contributed by atoms with E-state index in [1.807, 2.05) is 36.4 Å². The topological polar surface area (TPSA) is 38.9 Å². The minimum Gasteiger partial charge on any atom is -0.337 e.